The minimum atomic E-state index is 0.581. The van der Waals surface area contributed by atoms with Crippen LogP contribution in [0.2, 0.25) is 0 Å². The predicted octanol–water partition coefficient (Wildman–Crippen LogP) is 4.13. The van der Waals surface area contributed by atoms with Crippen LogP contribution in [0.4, 0.5) is 0 Å². The molecule has 6 nitrogen and oxygen atoms in total. The number of rotatable bonds is 6. The van der Waals surface area contributed by atoms with Crippen LogP contribution < -0.4 is 0 Å². The van der Waals surface area contributed by atoms with Gasteiger partial charge in [-0.25, -0.2) is 4.98 Å². The van der Waals surface area contributed by atoms with Crippen LogP contribution in [-0.4, -0.2) is 42.1 Å². The van der Waals surface area contributed by atoms with Gasteiger partial charge in [-0.05, 0) is 74.2 Å². The van der Waals surface area contributed by atoms with Crippen LogP contribution >= 0.6 is 23.3 Å². The van der Waals surface area contributed by atoms with Gasteiger partial charge in [0.2, 0.25) is 5.16 Å². The predicted molar refractivity (Wildman–Crippen MR) is 106 cm³/mol. The second-order valence-electron chi connectivity index (χ2n) is 7.20. The van der Waals surface area contributed by atoms with Crippen molar-refractivity contribution >= 4 is 23.3 Å². The number of aromatic nitrogens is 5. The second-order valence-corrected chi connectivity index (χ2v) is 9.17. The van der Waals surface area contributed by atoms with E-state index in [1.54, 1.807) is 11.8 Å². The van der Waals surface area contributed by atoms with E-state index in [0.29, 0.717) is 5.92 Å². The first-order chi connectivity index (χ1) is 13.4. The van der Waals surface area contributed by atoms with Crippen LogP contribution in [0.25, 0.3) is 5.69 Å². The molecule has 0 unspecified atom stereocenters. The standard InChI is InChI=1S/C19H22N6S2/c1-3-7-15(8-4-1)25-16(13-24-11-5-2-6-12-24)21-22-18(25)26-19-20-17(23-27-19)14-9-10-14/h1,3-4,7-8,14H,2,5-6,9-13H2. The number of piperidine rings is 1. The van der Waals surface area contributed by atoms with Crippen LogP contribution in [0.15, 0.2) is 39.8 Å². The van der Waals surface area contributed by atoms with E-state index < -0.39 is 0 Å². The Bertz CT molecular complexity index is 896. The Morgan fingerprint density at radius 1 is 1.04 bits per heavy atom. The van der Waals surface area contributed by atoms with Gasteiger partial charge in [0.15, 0.2) is 10.2 Å². The molecule has 0 N–H and O–H groups in total. The Kier molecular flexibility index (Phi) is 4.94. The molecule has 1 aromatic carbocycles. The number of nitrogens with zero attached hydrogens (tertiary/aromatic N) is 6. The van der Waals surface area contributed by atoms with Gasteiger partial charge in [0.05, 0.1) is 6.54 Å². The molecule has 0 spiro atoms. The Hall–Kier alpha value is -1.77. The third kappa shape index (κ3) is 3.93. The van der Waals surface area contributed by atoms with E-state index >= 15 is 0 Å². The highest BCUT2D eigenvalue weighted by molar-refractivity contribution is 8.00. The molecule has 0 atom stereocenters. The molecular weight excluding hydrogens is 376 g/mol. The molecule has 3 heterocycles. The van der Waals surface area contributed by atoms with E-state index in [9.17, 15) is 0 Å². The van der Waals surface area contributed by atoms with Gasteiger partial charge in [-0.15, -0.1) is 10.2 Å². The molecular formula is C19H22N6S2. The lowest BCUT2D eigenvalue weighted by Crippen LogP contribution is -2.30. The van der Waals surface area contributed by atoms with Crippen molar-refractivity contribution in [2.45, 2.75) is 54.1 Å². The molecule has 0 radical (unpaired) electrons. The first-order valence-corrected chi connectivity index (χ1v) is 11.2. The first kappa shape index (κ1) is 17.3. The van der Waals surface area contributed by atoms with Crippen molar-refractivity contribution in [3.63, 3.8) is 0 Å². The molecule has 3 aromatic rings. The largest absolute Gasteiger partial charge is 0.296 e. The molecule has 5 rings (SSSR count). The lowest BCUT2D eigenvalue weighted by atomic mass is 10.1. The summed E-state index contributed by atoms with van der Waals surface area (Å²) in [4.78, 5) is 7.19. The van der Waals surface area contributed by atoms with Gasteiger partial charge in [0.25, 0.3) is 0 Å². The Morgan fingerprint density at radius 2 is 1.85 bits per heavy atom. The molecule has 1 aliphatic carbocycles. The zero-order chi connectivity index (χ0) is 18.1. The van der Waals surface area contributed by atoms with Crippen molar-refractivity contribution in [1.29, 1.82) is 0 Å². The maximum atomic E-state index is 4.71. The van der Waals surface area contributed by atoms with E-state index in [2.05, 4.69) is 48.3 Å². The highest BCUT2D eigenvalue weighted by Crippen LogP contribution is 2.40. The van der Waals surface area contributed by atoms with E-state index in [1.165, 1.54) is 43.6 Å². The van der Waals surface area contributed by atoms with Crippen molar-refractivity contribution in [3.8, 4) is 5.69 Å². The van der Waals surface area contributed by atoms with E-state index in [4.69, 9.17) is 4.98 Å². The average molecular weight is 399 g/mol. The van der Waals surface area contributed by atoms with Crippen molar-refractivity contribution < 1.29 is 0 Å². The van der Waals surface area contributed by atoms with Gasteiger partial charge < -0.3 is 0 Å². The highest BCUT2D eigenvalue weighted by Gasteiger charge is 2.28. The molecule has 2 aliphatic rings. The summed E-state index contributed by atoms with van der Waals surface area (Å²) in [6, 6.07) is 10.4. The quantitative estimate of drug-likeness (QED) is 0.622. The van der Waals surface area contributed by atoms with E-state index in [0.717, 1.165) is 46.5 Å². The zero-order valence-corrected chi connectivity index (χ0v) is 16.8. The van der Waals surface area contributed by atoms with Crippen molar-refractivity contribution in [1.82, 2.24) is 29.0 Å². The van der Waals surface area contributed by atoms with E-state index in [1.807, 2.05) is 6.07 Å². The zero-order valence-electron chi connectivity index (χ0n) is 15.1. The molecule has 1 aliphatic heterocycles. The second kappa shape index (κ2) is 7.69. The number of benzene rings is 1. The number of likely N-dealkylation sites (tertiary alicyclic amines) is 1. The lowest BCUT2D eigenvalue weighted by Gasteiger charge is -2.26. The normalized spacial score (nSPS) is 18.1. The first-order valence-electron chi connectivity index (χ1n) is 9.60. The average Bonchev–Trinajstić information content (AvgIpc) is 3.34. The molecule has 1 saturated heterocycles. The summed E-state index contributed by atoms with van der Waals surface area (Å²) in [5, 5.41) is 9.92. The maximum Gasteiger partial charge on any atom is 0.203 e. The topological polar surface area (TPSA) is 59.7 Å². The fraction of sp³-hybridized carbons (Fsp3) is 0.474. The summed E-state index contributed by atoms with van der Waals surface area (Å²) in [5.74, 6) is 2.58. The van der Waals surface area contributed by atoms with Crippen molar-refractivity contribution in [2.24, 2.45) is 0 Å². The van der Waals surface area contributed by atoms with Gasteiger partial charge >= 0.3 is 0 Å². The summed E-state index contributed by atoms with van der Waals surface area (Å²) < 4.78 is 7.65. The molecule has 0 bridgehead atoms. The summed E-state index contributed by atoms with van der Waals surface area (Å²) in [6.07, 6.45) is 6.33. The van der Waals surface area contributed by atoms with Crippen LogP contribution in [0.5, 0.6) is 0 Å². The Balaban J connectivity index is 1.44. The number of para-hydroxylation sites is 1. The molecule has 8 heteroatoms. The number of hydrogen-bond donors (Lipinski definition) is 0. The molecule has 2 aromatic heterocycles. The monoisotopic (exact) mass is 398 g/mol. The summed E-state index contributed by atoms with van der Waals surface area (Å²) >= 11 is 3.05. The SMILES string of the molecule is c1ccc(-n2c(CN3CCCCC3)nnc2Sc2nc(C3CC3)ns2)cc1. The summed E-state index contributed by atoms with van der Waals surface area (Å²) in [5.41, 5.74) is 1.10. The van der Waals surface area contributed by atoms with Gasteiger partial charge in [-0.1, -0.05) is 24.6 Å². The number of hydrogen-bond acceptors (Lipinski definition) is 7. The highest BCUT2D eigenvalue weighted by atomic mass is 32.2. The van der Waals surface area contributed by atoms with Crippen LogP contribution in [0.1, 0.15) is 49.7 Å². The van der Waals surface area contributed by atoms with Crippen molar-refractivity contribution in [2.75, 3.05) is 13.1 Å². The van der Waals surface area contributed by atoms with Gasteiger partial charge in [-0.3, -0.25) is 9.47 Å². The minimum absolute atomic E-state index is 0.581. The fourth-order valence-electron chi connectivity index (χ4n) is 3.47. The molecule has 2 fully saturated rings. The van der Waals surface area contributed by atoms with Crippen molar-refractivity contribution in [3.05, 3.63) is 42.0 Å². The fourth-order valence-corrected chi connectivity index (χ4v) is 5.13. The minimum Gasteiger partial charge on any atom is -0.296 e. The van der Waals surface area contributed by atoms with Gasteiger partial charge in [0, 0.05) is 11.6 Å². The lowest BCUT2D eigenvalue weighted by molar-refractivity contribution is 0.214. The van der Waals surface area contributed by atoms with E-state index in [-0.39, 0.29) is 0 Å². The summed E-state index contributed by atoms with van der Waals surface area (Å²) in [7, 11) is 0. The molecule has 1 saturated carbocycles. The Labute approximate surface area is 167 Å². The molecule has 0 amide bonds. The van der Waals surface area contributed by atoms with Crippen LogP contribution in [0, 0.1) is 0 Å². The van der Waals surface area contributed by atoms with Crippen LogP contribution in [0.3, 0.4) is 0 Å². The van der Waals surface area contributed by atoms with Gasteiger partial charge in [0.1, 0.15) is 5.82 Å². The smallest absolute Gasteiger partial charge is 0.203 e. The third-order valence-corrected chi connectivity index (χ3v) is 6.78. The van der Waals surface area contributed by atoms with Gasteiger partial charge in [-0.2, -0.15) is 4.37 Å². The third-order valence-electron chi connectivity index (χ3n) is 5.07. The summed E-state index contributed by atoms with van der Waals surface area (Å²) in [6.45, 7) is 3.13. The maximum absolute atomic E-state index is 4.71. The molecule has 27 heavy (non-hydrogen) atoms. The Morgan fingerprint density at radius 3 is 2.63 bits per heavy atom. The van der Waals surface area contributed by atoms with Crippen LogP contribution in [-0.2, 0) is 6.54 Å². The molecule has 140 valence electrons.